The molecule has 0 bridgehead atoms. The lowest BCUT2D eigenvalue weighted by molar-refractivity contribution is -0.384. The number of amides is 2. The van der Waals surface area contributed by atoms with E-state index < -0.39 is 46.4 Å². The summed E-state index contributed by atoms with van der Waals surface area (Å²) in [5.74, 6) is -1.45. The molecule has 396 valence electrons. The van der Waals surface area contributed by atoms with Crippen LogP contribution in [0.3, 0.4) is 0 Å². The summed E-state index contributed by atoms with van der Waals surface area (Å²) in [7, 11) is 3.02. The van der Waals surface area contributed by atoms with Crippen LogP contribution >= 0.6 is 0 Å². The Morgan fingerprint density at radius 3 is 2.32 bits per heavy atom. The van der Waals surface area contributed by atoms with Gasteiger partial charge in [0.1, 0.15) is 40.4 Å². The van der Waals surface area contributed by atoms with Crippen LogP contribution in [0.15, 0.2) is 133 Å². The predicted octanol–water partition coefficient (Wildman–Crippen LogP) is 11.5. The lowest BCUT2D eigenvalue weighted by atomic mass is 9.55. The number of methoxy groups -OCH3 is 2. The molecule has 0 saturated heterocycles. The van der Waals surface area contributed by atoms with E-state index in [9.17, 15) is 25.1 Å². The quantitative estimate of drug-likeness (QED) is 0.0271. The van der Waals surface area contributed by atoms with Crippen molar-refractivity contribution in [1.29, 1.82) is 0 Å². The number of rotatable bonds is 21. The number of hydrogen-bond donors (Lipinski definition) is 3. The van der Waals surface area contributed by atoms with Gasteiger partial charge in [0.05, 0.1) is 49.6 Å². The summed E-state index contributed by atoms with van der Waals surface area (Å²) in [6.45, 7) is 9.78. The second-order valence-electron chi connectivity index (χ2n) is 19.9. The number of non-ortho nitro benzene ring substituents is 1. The maximum Gasteiger partial charge on any atom is 0.417 e. The molecule has 5 aromatic carbocycles. The first kappa shape index (κ1) is 53.8. The Hall–Kier alpha value is -7.47. The zero-order valence-corrected chi connectivity index (χ0v) is 43.1. The number of aliphatic hydroxyl groups is 2. The number of oxime groups is 1. The molecule has 0 aromatic heterocycles. The molecule has 3 aliphatic rings. The molecule has 0 unspecified atom stereocenters. The largest absolute Gasteiger partial charge is 0.497 e. The van der Waals surface area contributed by atoms with Crippen molar-refractivity contribution < 1.29 is 58.0 Å². The number of nitrogens with one attached hydrogen (secondary N) is 1. The van der Waals surface area contributed by atoms with Gasteiger partial charge in [-0.1, -0.05) is 72.6 Å². The molecule has 1 heterocycles. The highest BCUT2D eigenvalue weighted by Gasteiger charge is 2.66. The van der Waals surface area contributed by atoms with Gasteiger partial charge in [-0.2, -0.15) is 0 Å². The van der Waals surface area contributed by atoms with E-state index in [0.29, 0.717) is 60.8 Å². The fourth-order valence-electron chi connectivity index (χ4n) is 10.8. The molecule has 3 N–H and O–H groups in total. The van der Waals surface area contributed by atoms with E-state index in [1.165, 1.54) is 38.5 Å². The maximum atomic E-state index is 15.4. The Morgan fingerprint density at radius 1 is 0.893 bits per heavy atom. The van der Waals surface area contributed by atoms with E-state index in [2.05, 4.69) is 18.0 Å². The van der Waals surface area contributed by atoms with Gasteiger partial charge in [-0.05, 0) is 123 Å². The summed E-state index contributed by atoms with van der Waals surface area (Å²) >= 11 is 0. The monoisotopic (exact) mass is 1030 g/mol. The Morgan fingerprint density at radius 2 is 1.61 bits per heavy atom. The van der Waals surface area contributed by atoms with Crippen molar-refractivity contribution >= 4 is 40.0 Å². The highest BCUT2D eigenvalue weighted by Crippen LogP contribution is 2.62. The minimum absolute atomic E-state index is 0.00166. The number of fused-ring (bicyclic) bond motifs is 3. The third kappa shape index (κ3) is 12.1. The van der Waals surface area contributed by atoms with Crippen LogP contribution in [0.1, 0.15) is 82.8 Å². The molecular formula is C58H66N4O13. The van der Waals surface area contributed by atoms with Gasteiger partial charge in [0.15, 0.2) is 0 Å². The first-order valence-electron chi connectivity index (χ1n) is 25.4. The molecule has 1 aliphatic heterocycles. The van der Waals surface area contributed by atoms with Crippen molar-refractivity contribution in [2.45, 2.75) is 95.6 Å². The number of aliphatic hydroxyl groups excluding tert-OH is 2. The summed E-state index contributed by atoms with van der Waals surface area (Å²) in [6.07, 6.45) is 6.29. The number of hydrogen-bond acceptors (Lipinski definition) is 14. The second-order valence-corrected chi connectivity index (χ2v) is 19.9. The number of unbranched alkanes of at least 4 members (excludes halogenated alkanes) is 2. The van der Waals surface area contributed by atoms with E-state index in [0.717, 1.165) is 33.9 Å². The van der Waals surface area contributed by atoms with Crippen LogP contribution in [0, 0.1) is 27.9 Å². The van der Waals surface area contributed by atoms with Crippen molar-refractivity contribution in [1.82, 2.24) is 4.90 Å². The van der Waals surface area contributed by atoms with E-state index >= 15 is 4.79 Å². The molecule has 1 fully saturated rings. The van der Waals surface area contributed by atoms with Crippen LogP contribution < -0.4 is 29.0 Å². The Balaban J connectivity index is 1.33. The van der Waals surface area contributed by atoms with Crippen molar-refractivity contribution in [2.75, 3.05) is 39.4 Å². The number of nitro benzene ring substituents is 1. The molecule has 6 atom stereocenters. The molecule has 5 aromatic rings. The minimum atomic E-state index is -1.69. The molecule has 2 amide bonds. The summed E-state index contributed by atoms with van der Waals surface area (Å²) in [5.41, 5.74) is 2.35. The number of ether oxygens (including phenoxy) is 6. The molecule has 17 heteroatoms. The van der Waals surface area contributed by atoms with E-state index in [1.807, 2.05) is 69.3 Å². The number of nitro groups is 1. The van der Waals surface area contributed by atoms with Gasteiger partial charge >= 0.3 is 12.2 Å². The lowest BCUT2D eigenvalue weighted by Crippen LogP contribution is -2.70. The van der Waals surface area contributed by atoms with Crippen molar-refractivity contribution in [3.05, 3.63) is 149 Å². The van der Waals surface area contributed by atoms with Gasteiger partial charge in [-0.3, -0.25) is 20.3 Å². The summed E-state index contributed by atoms with van der Waals surface area (Å²) in [5, 5.41) is 41.4. The third-order valence-electron chi connectivity index (χ3n) is 14.0. The average Bonchev–Trinajstić information content (AvgIpc) is 3.44. The van der Waals surface area contributed by atoms with Crippen LogP contribution in [0.25, 0.3) is 10.8 Å². The van der Waals surface area contributed by atoms with E-state index in [-0.39, 0.29) is 61.8 Å². The number of carbonyl (C=O) groups excluding carboxylic acids is 2. The highest BCUT2D eigenvalue weighted by atomic mass is 16.7. The Kier molecular flexibility index (Phi) is 17.1. The maximum absolute atomic E-state index is 15.4. The van der Waals surface area contributed by atoms with Crippen LogP contribution in [-0.4, -0.2) is 89.4 Å². The van der Waals surface area contributed by atoms with Crippen molar-refractivity contribution in [2.24, 2.45) is 22.9 Å². The molecule has 2 aliphatic carbocycles. The van der Waals surface area contributed by atoms with Gasteiger partial charge < -0.3 is 43.5 Å². The van der Waals surface area contributed by atoms with Crippen molar-refractivity contribution in [3.63, 3.8) is 0 Å². The van der Waals surface area contributed by atoms with Crippen LogP contribution in [-0.2, 0) is 16.1 Å². The third-order valence-corrected chi connectivity index (χ3v) is 14.0. The number of carbonyl (C=O) groups is 2. The molecular weight excluding hydrogens is 961 g/mol. The second kappa shape index (κ2) is 23.8. The van der Waals surface area contributed by atoms with Crippen LogP contribution in [0.5, 0.6) is 28.7 Å². The minimum Gasteiger partial charge on any atom is -0.497 e. The number of nitrogens with zero attached hydrogens (tertiary/aromatic N) is 3. The van der Waals surface area contributed by atoms with Gasteiger partial charge in [-0.25, -0.2) is 9.59 Å². The standard InChI is InChI=1S/C58H66N4O13/c1-7-31-71-58-52(61(36-39-18-14-17-37-15-8-9-19-44(37)39)56(66)73-41-23-21-40(22-24-41)62(67)68)35-49(60-75-57(2,3)4)46-32-38(16-10-12-29-63)45(20-11-13-30-64)53(54(46)58)47-33-43(26-28-50(47)74-58)72-55(65)59-48-27-25-42(69-5)34-51(48)70-6/h7-9,14-15,17-19,21-28,32-34,38,45,52-54,63-64H,1,10-13,16,20,29-31,35-36H2,2-6H3,(H,59,65)/t38-,45+,52-,53+,54+,58+/m0/s1. The Labute approximate surface area is 436 Å². The van der Waals surface area contributed by atoms with Gasteiger partial charge in [0.25, 0.3) is 5.69 Å². The van der Waals surface area contributed by atoms with E-state index in [1.54, 1.807) is 41.3 Å². The SMILES string of the molecule is C=CCO[C@@]12Oc3ccc(OC(=O)Nc4ccc(OC)cc4OC)cc3[C@H]3[C@H](CCCCO)[C@@H](CCCCO)C=C(C(=NOC(C)(C)C)C[C@@H]1N(Cc1cccc4ccccc14)C(=O)Oc1ccc([N+](=O)[O-])cc1)[C@H]32. The summed E-state index contributed by atoms with van der Waals surface area (Å²) < 4.78 is 37.8. The molecule has 0 radical (unpaired) electrons. The average molecular weight is 1030 g/mol. The predicted molar refractivity (Wildman–Crippen MR) is 284 cm³/mol. The molecule has 75 heavy (non-hydrogen) atoms. The molecule has 17 nitrogen and oxygen atoms in total. The Bertz CT molecular complexity index is 2910. The fraction of sp³-hybridized carbons (Fsp3) is 0.397. The molecule has 8 rings (SSSR count). The zero-order chi connectivity index (χ0) is 53.3. The van der Waals surface area contributed by atoms with E-state index in [4.69, 9.17) is 38.4 Å². The fourth-order valence-corrected chi connectivity index (χ4v) is 10.8. The zero-order valence-electron chi connectivity index (χ0n) is 43.1. The summed E-state index contributed by atoms with van der Waals surface area (Å²) in [6, 6.07) is 28.3. The molecule has 0 spiro atoms. The van der Waals surface area contributed by atoms with Crippen LogP contribution in [0.4, 0.5) is 21.0 Å². The first-order valence-corrected chi connectivity index (χ1v) is 25.4. The normalized spacial score (nSPS) is 21.1. The van der Waals surface area contributed by atoms with Gasteiger partial charge in [-0.15, -0.1) is 6.58 Å². The smallest absolute Gasteiger partial charge is 0.417 e. The topological polar surface area (TPSA) is 210 Å². The van der Waals surface area contributed by atoms with Crippen molar-refractivity contribution in [3.8, 4) is 28.7 Å². The number of allylic oxidation sites excluding steroid dienone is 1. The number of benzene rings is 5. The number of anilines is 1. The molecule has 1 saturated carbocycles. The van der Waals surface area contributed by atoms with Gasteiger partial charge in [0, 0.05) is 49.3 Å². The summed E-state index contributed by atoms with van der Waals surface area (Å²) in [4.78, 5) is 48.2. The van der Waals surface area contributed by atoms with Crippen LogP contribution in [0.2, 0.25) is 0 Å². The first-order chi connectivity index (χ1) is 36.2. The highest BCUT2D eigenvalue weighted by molar-refractivity contribution is 6.03. The lowest BCUT2D eigenvalue weighted by Gasteiger charge is -2.60. The van der Waals surface area contributed by atoms with Gasteiger partial charge in [0.2, 0.25) is 5.79 Å².